The van der Waals surface area contributed by atoms with E-state index in [1.807, 2.05) is 0 Å². The van der Waals surface area contributed by atoms with Crippen molar-refractivity contribution in [1.82, 2.24) is 5.32 Å². The lowest BCUT2D eigenvalue weighted by Gasteiger charge is -2.19. The summed E-state index contributed by atoms with van der Waals surface area (Å²) in [7, 11) is 0. The number of hydrogen-bond donors (Lipinski definition) is 1. The van der Waals surface area contributed by atoms with Gasteiger partial charge in [-0.3, -0.25) is 0 Å². The third kappa shape index (κ3) is 4.43. The van der Waals surface area contributed by atoms with Crippen LogP contribution in [0.3, 0.4) is 0 Å². The minimum absolute atomic E-state index is 0.707. The van der Waals surface area contributed by atoms with Gasteiger partial charge in [0.1, 0.15) is 0 Å². The number of nitrogens with one attached hydrogen (secondary N) is 1. The summed E-state index contributed by atoms with van der Waals surface area (Å²) in [5, 5.41) is 3.68. The second-order valence-corrected chi connectivity index (χ2v) is 4.33. The molecule has 0 aromatic carbocycles. The lowest BCUT2D eigenvalue weighted by atomic mass is 10.0. The highest BCUT2D eigenvalue weighted by atomic mass is 16.5. The van der Waals surface area contributed by atoms with E-state index in [-0.39, 0.29) is 0 Å². The van der Waals surface area contributed by atoms with Gasteiger partial charge in [0.2, 0.25) is 0 Å². The maximum absolute atomic E-state index is 5.44. The molecule has 0 amide bonds. The molecule has 0 radical (unpaired) electrons. The van der Waals surface area contributed by atoms with E-state index in [4.69, 9.17) is 4.74 Å². The van der Waals surface area contributed by atoms with Crippen molar-refractivity contribution in [3.63, 3.8) is 0 Å². The first-order chi connectivity index (χ1) is 6.86. The average Bonchev–Trinajstić information content (AvgIpc) is 2.48. The van der Waals surface area contributed by atoms with Gasteiger partial charge in [-0.1, -0.05) is 26.7 Å². The highest BCUT2D eigenvalue weighted by molar-refractivity contribution is 4.71. The van der Waals surface area contributed by atoms with Crippen LogP contribution < -0.4 is 5.32 Å². The van der Waals surface area contributed by atoms with E-state index >= 15 is 0 Å². The number of ether oxygens (including phenoxy) is 1. The highest BCUT2D eigenvalue weighted by Gasteiger charge is 2.12. The molecule has 0 saturated carbocycles. The van der Waals surface area contributed by atoms with E-state index in [0.29, 0.717) is 6.04 Å². The predicted octanol–water partition coefficient (Wildman–Crippen LogP) is 2.58. The Kier molecular flexibility index (Phi) is 6.20. The molecule has 1 aliphatic rings. The molecule has 1 aliphatic heterocycles. The fraction of sp³-hybridized carbons (Fsp3) is 1.00. The first-order valence-corrected chi connectivity index (χ1v) is 6.18. The molecule has 1 unspecified atom stereocenters. The Labute approximate surface area is 88.4 Å². The summed E-state index contributed by atoms with van der Waals surface area (Å²) >= 11 is 0. The van der Waals surface area contributed by atoms with Crippen molar-refractivity contribution in [2.75, 3.05) is 19.8 Å². The van der Waals surface area contributed by atoms with Crippen molar-refractivity contribution in [3.05, 3.63) is 0 Å². The Bertz CT molecular complexity index is 126. The molecule has 14 heavy (non-hydrogen) atoms. The summed E-state index contributed by atoms with van der Waals surface area (Å²) in [4.78, 5) is 0. The van der Waals surface area contributed by atoms with Crippen molar-refractivity contribution in [2.24, 2.45) is 5.92 Å². The summed E-state index contributed by atoms with van der Waals surface area (Å²) in [6, 6.07) is 0.707. The number of rotatable bonds is 5. The van der Waals surface area contributed by atoms with E-state index in [1.54, 1.807) is 0 Å². The topological polar surface area (TPSA) is 21.3 Å². The third-order valence-corrected chi connectivity index (χ3v) is 3.30. The van der Waals surface area contributed by atoms with E-state index in [9.17, 15) is 0 Å². The van der Waals surface area contributed by atoms with Crippen molar-refractivity contribution in [2.45, 2.75) is 52.0 Å². The summed E-state index contributed by atoms with van der Waals surface area (Å²) in [5.74, 6) is 0.860. The van der Waals surface area contributed by atoms with Crippen LogP contribution in [-0.4, -0.2) is 25.8 Å². The van der Waals surface area contributed by atoms with Gasteiger partial charge in [0, 0.05) is 19.3 Å². The van der Waals surface area contributed by atoms with Crippen molar-refractivity contribution < 1.29 is 4.74 Å². The van der Waals surface area contributed by atoms with Gasteiger partial charge in [-0.25, -0.2) is 0 Å². The van der Waals surface area contributed by atoms with Crippen molar-refractivity contribution >= 4 is 0 Å². The summed E-state index contributed by atoms with van der Waals surface area (Å²) < 4.78 is 5.44. The molecule has 0 aromatic rings. The van der Waals surface area contributed by atoms with Crippen LogP contribution >= 0.6 is 0 Å². The minimum Gasteiger partial charge on any atom is -0.381 e. The predicted molar refractivity (Wildman–Crippen MR) is 60.5 cm³/mol. The Morgan fingerprint density at radius 1 is 1.21 bits per heavy atom. The van der Waals surface area contributed by atoms with Gasteiger partial charge in [0.15, 0.2) is 0 Å². The molecule has 0 aliphatic carbocycles. The molecule has 2 nitrogen and oxygen atoms in total. The quantitative estimate of drug-likeness (QED) is 0.735. The smallest absolute Gasteiger partial charge is 0.0480 e. The Hall–Kier alpha value is -0.0800. The zero-order valence-electron chi connectivity index (χ0n) is 9.72. The molecule has 0 aromatic heterocycles. The SMILES string of the molecule is CCC(CC)CNC1CCCOCC1. The van der Waals surface area contributed by atoms with Crippen molar-refractivity contribution in [1.29, 1.82) is 0 Å². The van der Waals surface area contributed by atoms with Gasteiger partial charge in [-0.2, -0.15) is 0 Å². The second kappa shape index (κ2) is 7.24. The fourth-order valence-electron chi connectivity index (χ4n) is 2.02. The zero-order valence-corrected chi connectivity index (χ0v) is 9.72. The fourth-order valence-corrected chi connectivity index (χ4v) is 2.02. The molecule has 1 heterocycles. The van der Waals surface area contributed by atoms with Crippen LogP contribution in [-0.2, 0) is 4.74 Å². The molecular weight excluding hydrogens is 174 g/mol. The van der Waals surface area contributed by atoms with Crippen LogP contribution in [0.5, 0.6) is 0 Å². The second-order valence-electron chi connectivity index (χ2n) is 4.33. The normalized spacial score (nSPS) is 23.8. The van der Waals surface area contributed by atoms with Gasteiger partial charge in [0.05, 0.1) is 0 Å². The average molecular weight is 199 g/mol. The molecule has 1 saturated heterocycles. The summed E-state index contributed by atoms with van der Waals surface area (Å²) in [6.45, 7) is 7.67. The first kappa shape index (κ1) is 12.0. The monoisotopic (exact) mass is 199 g/mol. The molecule has 0 spiro atoms. The molecule has 0 bridgehead atoms. The molecule has 1 fully saturated rings. The molecule has 2 heteroatoms. The van der Waals surface area contributed by atoms with Crippen LogP contribution in [0.15, 0.2) is 0 Å². The van der Waals surface area contributed by atoms with E-state index in [2.05, 4.69) is 19.2 Å². The van der Waals surface area contributed by atoms with Gasteiger partial charge >= 0.3 is 0 Å². The lowest BCUT2D eigenvalue weighted by Crippen LogP contribution is -2.33. The van der Waals surface area contributed by atoms with E-state index < -0.39 is 0 Å². The molecule has 84 valence electrons. The lowest BCUT2D eigenvalue weighted by molar-refractivity contribution is 0.142. The maximum Gasteiger partial charge on any atom is 0.0480 e. The Morgan fingerprint density at radius 2 is 2.00 bits per heavy atom. The molecule has 1 rings (SSSR count). The zero-order chi connectivity index (χ0) is 10.2. The van der Waals surface area contributed by atoms with E-state index in [0.717, 1.165) is 19.1 Å². The van der Waals surface area contributed by atoms with Crippen LogP contribution in [0.2, 0.25) is 0 Å². The Morgan fingerprint density at radius 3 is 2.71 bits per heavy atom. The third-order valence-electron chi connectivity index (χ3n) is 3.30. The summed E-state index contributed by atoms with van der Waals surface area (Å²) in [5.41, 5.74) is 0. The standard InChI is InChI=1S/C12H25NO/c1-3-11(4-2)10-13-12-6-5-8-14-9-7-12/h11-13H,3-10H2,1-2H3. The van der Waals surface area contributed by atoms with Gasteiger partial charge in [-0.15, -0.1) is 0 Å². The van der Waals surface area contributed by atoms with Crippen LogP contribution in [0.25, 0.3) is 0 Å². The van der Waals surface area contributed by atoms with E-state index in [1.165, 1.54) is 38.6 Å². The maximum atomic E-state index is 5.44. The largest absolute Gasteiger partial charge is 0.381 e. The first-order valence-electron chi connectivity index (χ1n) is 6.18. The van der Waals surface area contributed by atoms with Crippen molar-refractivity contribution in [3.8, 4) is 0 Å². The minimum atomic E-state index is 0.707. The van der Waals surface area contributed by atoms with Gasteiger partial charge in [0.25, 0.3) is 0 Å². The number of hydrogen-bond acceptors (Lipinski definition) is 2. The van der Waals surface area contributed by atoms with Crippen LogP contribution in [0, 0.1) is 5.92 Å². The van der Waals surface area contributed by atoms with Crippen LogP contribution in [0.1, 0.15) is 46.0 Å². The molecule has 1 atom stereocenters. The van der Waals surface area contributed by atoms with Crippen LogP contribution in [0.4, 0.5) is 0 Å². The Balaban J connectivity index is 2.14. The van der Waals surface area contributed by atoms with Gasteiger partial charge in [-0.05, 0) is 31.7 Å². The molecule has 1 N–H and O–H groups in total. The highest BCUT2D eigenvalue weighted by Crippen LogP contribution is 2.10. The molecular formula is C12H25NO. The van der Waals surface area contributed by atoms with Gasteiger partial charge < -0.3 is 10.1 Å². The summed E-state index contributed by atoms with van der Waals surface area (Å²) in [6.07, 6.45) is 6.31.